The molecule has 1 heterocycles. The molecule has 0 aromatic heterocycles. The standard InChI is InChI=1S/C21H24N2O4/c1-3-10-25-18-7-4-16(5-8-18)14-23(2)15-21(24)22-17-6-9-19-20(13-17)27-12-11-26-19/h3-9,13H,1,10-12,14-15H2,2H3,(H,22,24)/p+1. The van der Waals surface area contributed by atoms with Gasteiger partial charge < -0.3 is 24.4 Å². The van der Waals surface area contributed by atoms with E-state index in [2.05, 4.69) is 11.9 Å². The lowest BCUT2D eigenvalue weighted by Crippen LogP contribution is -3.08. The van der Waals surface area contributed by atoms with E-state index in [9.17, 15) is 4.79 Å². The van der Waals surface area contributed by atoms with Crippen molar-refractivity contribution >= 4 is 11.6 Å². The quantitative estimate of drug-likeness (QED) is 0.695. The SMILES string of the molecule is C=CCOc1ccc(C[NH+](C)CC(=O)Nc2ccc3c(c2)OCCO3)cc1. The van der Waals surface area contributed by atoms with Crippen molar-refractivity contribution in [1.82, 2.24) is 0 Å². The molecule has 2 aromatic carbocycles. The van der Waals surface area contributed by atoms with Gasteiger partial charge in [-0.1, -0.05) is 12.7 Å². The lowest BCUT2D eigenvalue weighted by Gasteiger charge is -2.19. The number of hydrogen-bond acceptors (Lipinski definition) is 4. The van der Waals surface area contributed by atoms with Gasteiger partial charge in [0.05, 0.1) is 7.05 Å². The molecule has 0 spiro atoms. The Balaban J connectivity index is 1.49. The molecule has 0 saturated carbocycles. The van der Waals surface area contributed by atoms with Gasteiger partial charge in [-0.15, -0.1) is 0 Å². The third-order valence-electron chi connectivity index (χ3n) is 4.09. The van der Waals surface area contributed by atoms with Crippen LogP contribution in [0.15, 0.2) is 55.1 Å². The van der Waals surface area contributed by atoms with Crippen LogP contribution in [0.5, 0.6) is 17.2 Å². The molecular weight excluding hydrogens is 344 g/mol. The fraction of sp³-hybridized carbons (Fsp3) is 0.286. The molecule has 0 fully saturated rings. The normalized spacial score (nSPS) is 13.5. The number of benzene rings is 2. The van der Waals surface area contributed by atoms with E-state index in [-0.39, 0.29) is 5.91 Å². The maximum absolute atomic E-state index is 12.3. The highest BCUT2D eigenvalue weighted by molar-refractivity contribution is 5.91. The maximum Gasteiger partial charge on any atom is 0.279 e. The summed E-state index contributed by atoms with van der Waals surface area (Å²) in [5.41, 5.74) is 1.85. The minimum atomic E-state index is -0.0462. The summed E-state index contributed by atoms with van der Waals surface area (Å²) in [6.45, 7) is 6.31. The fourth-order valence-corrected chi connectivity index (χ4v) is 2.87. The zero-order valence-electron chi connectivity index (χ0n) is 15.5. The molecule has 6 nitrogen and oxygen atoms in total. The highest BCUT2D eigenvalue weighted by Crippen LogP contribution is 2.32. The van der Waals surface area contributed by atoms with E-state index in [1.54, 1.807) is 12.1 Å². The number of carbonyl (C=O) groups excluding carboxylic acids is 1. The third kappa shape index (κ3) is 5.49. The maximum atomic E-state index is 12.3. The minimum Gasteiger partial charge on any atom is -0.490 e. The van der Waals surface area contributed by atoms with Crippen molar-refractivity contribution in [2.45, 2.75) is 6.54 Å². The average Bonchev–Trinajstić information content (AvgIpc) is 2.67. The van der Waals surface area contributed by atoms with E-state index < -0.39 is 0 Å². The molecule has 1 amide bonds. The Morgan fingerprint density at radius 3 is 2.67 bits per heavy atom. The molecule has 1 aliphatic heterocycles. The molecule has 3 rings (SSSR count). The fourth-order valence-electron chi connectivity index (χ4n) is 2.87. The summed E-state index contributed by atoms with van der Waals surface area (Å²) in [6.07, 6.45) is 1.71. The van der Waals surface area contributed by atoms with E-state index in [0.29, 0.717) is 43.6 Å². The molecule has 1 aliphatic rings. The number of rotatable bonds is 8. The van der Waals surface area contributed by atoms with Gasteiger partial charge in [0.15, 0.2) is 18.0 Å². The van der Waals surface area contributed by atoms with E-state index in [4.69, 9.17) is 14.2 Å². The van der Waals surface area contributed by atoms with Gasteiger partial charge >= 0.3 is 0 Å². The highest BCUT2D eigenvalue weighted by Gasteiger charge is 2.15. The van der Waals surface area contributed by atoms with Gasteiger partial charge in [0.2, 0.25) is 0 Å². The molecule has 0 aliphatic carbocycles. The van der Waals surface area contributed by atoms with Crippen molar-refractivity contribution in [3.8, 4) is 17.2 Å². The number of likely N-dealkylation sites (N-methyl/N-ethyl adjacent to an activating group) is 1. The van der Waals surface area contributed by atoms with Crippen molar-refractivity contribution in [3.05, 3.63) is 60.7 Å². The summed E-state index contributed by atoms with van der Waals surface area (Å²) in [6, 6.07) is 13.3. The lowest BCUT2D eigenvalue weighted by atomic mass is 10.2. The molecule has 27 heavy (non-hydrogen) atoms. The first kappa shape index (κ1) is 18.8. The number of quaternary nitrogens is 1. The Morgan fingerprint density at radius 1 is 1.19 bits per heavy atom. The molecule has 1 atom stereocenters. The van der Waals surface area contributed by atoms with E-state index in [1.807, 2.05) is 43.4 Å². The van der Waals surface area contributed by atoms with Crippen molar-refractivity contribution in [3.63, 3.8) is 0 Å². The molecule has 6 heteroatoms. The third-order valence-corrected chi connectivity index (χ3v) is 4.09. The first-order valence-electron chi connectivity index (χ1n) is 8.97. The molecule has 0 bridgehead atoms. The smallest absolute Gasteiger partial charge is 0.279 e. The minimum absolute atomic E-state index is 0.0462. The Bertz CT molecular complexity index is 789. The van der Waals surface area contributed by atoms with Crippen molar-refractivity contribution in [2.75, 3.05) is 38.7 Å². The number of hydrogen-bond donors (Lipinski definition) is 2. The number of fused-ring (bicyclic) bond motifs is 1. The van der Waals surface area contributed by atoms with Gasteiger partial charge in [-0.3, -0.25) is 4.79 Å². The van der Waals surface area contributed by atoms with Crippen LogP contribution in [0.25, 0.3) is 0 Å². The number of anilines is 1. The van der Waals surface area contributed by atoms with Gasteiger partial charge in [0.1, 0.15) is 32.1 Å². The van der Waals surface area contributed by atoms with Crippen LogP contribution in [0.4, 0.5) is 5.69 Å². The zero-order valence-corrected chi connectivity index (χ0v) is 15.5. The van der Waals surface area contributed by atoms with Gasteiger partial charge in [-0.05, 0) is 36.4 Å². The predicted octanol–water partition coefficient (Wildman–Crippen LogP) is 1.68. The summed E-state index contributed by atoms with van der Waals surface area (Å²) >= 11 is 0. The van der Waals surface area contributed by atoms with Crippen LogP contribution in [0.3, 0.4) is 0 Å². The Hall–Kier alpha value is -2.99. The van der Waals surface area contributed by atoms with Gasteiger partial charge in [0.25, 0.3) is 5.91 Å². The Kier molecular flexibility index (Phi) is 6.33. The number of amides is 1. The summed E-state index contributed by atoms with van der Waals surface area (Å²) in [5, 5.41) is 2.92. The zero-order chi connectivity index (χ0) is 19.1. The van der Waals surface area contributed by atoms with Crippen LogP contribution in [0.2, 0.25) is 0 Å². The van der Waals surface area contributed by atoms with E-state index in [0.717, 1.165) is 22.8 Å². The molecule has 0 saturated heterocycles. The molecule has 142 valence electrons. The first-order chi connectivity index (χ1) is 13.1. The van der Waals surface area contributed by atoms with Crippen LogP contribution >= 0.6 is 0 Å². The van der Waals surface area contributed by atoms with Crippen molar-refractivity contribution in [1.29, 1.82) is 0 Å². The summed E-state index contributed by atoms with van der Waals surface area (Å²) in [4.78, 5) is 13.4. The largest absolute Gasteiger partial charge is 0.490 e. The van der Waals surface area contributed by atoms with Crippen LogP contribution in [0.1, 0.15) is 5.56 Å². The second-order valence-electron chi connectivity index (χ2n) is 6.46. The number of ether oxygens (including phenoxy) is 3. The average molecular weight is 369 g/mol. The molecule has 1 unspecified atom stereocenters. The van der Waals surface area contributed by atoms with Crippen LogP contribution in [-0.2, 0) is 11.3 Å². The van der Waals surface area contributed by atoms with Crippen LogP contribution < -0.4 is 24.4 Å². The molecule has 0 radical (unpaired) electrons. The summed E-state index contributed by atoms with van der Waals surface area (Å²) < 4.78 is 16.5. The first-order valence-corrected chi connectivity index (χ1v) is 8.97. The van der Waals surface area contributed by atoms with Crippen molar-refractivity contribution < 1.29 is 23.9 Å². The molecule has 2 aromatic rings. The van der Waals surface area contributed by atoms with Crippen LogP contribution in [-0.4, -0.2) is 39.3 Å². The molecule has 2 N–H and O–H groups in total. The Morgan fingerprint density at radius 2 is 1.93 bits per heavy atom. The highest BCUT2D eigenvalue weighted by atomic mass is 16.6. The Labute approximate surface area is 159 Å². The predicted molar refractivity (Wildman–Crippen MR) is 104 cm³/mol. The van der Waals surface area contributed by atoms with Gasteiger partial charge in [-0.25, -0.2) is 0 Å². The van der Waals surface area contributed by atoms with Gasteiger partial charge in [0, 0.05) is 17.3 Å². The van der Waals surface area contributed by atoms with Crippen molar-refractivity contribution in [2.24, 2.45) is 0 Å². The van der Waals surface area contributed by atoms with Crippen LogP contribution in [0, 0.1) is 0 Å². The second-order valence-corrected chi connectivity index (χ2v) is 6.46. The van der Waals surface area contributed by atoms with Gasteiger partial charge in [-0.2, -0.15) is 0 Å². The summed E-state index contributed by atoms with van der Waals surface area (Å²) in [7, 11) is 1.99. The number of carbonyl (C=O) groups is 1. The van der Waals surface area contributed by atoms with E-state index >= 15 is 0 Å². The van der Waals surface area contributed by atoms with E-state index in [1.165, 1.54) is 0 Å². The second kappa shape index (κ2) is 9.09. The number of nitrogens with one attached hydrogen (secondary N) is 2. The lowest BCUT2D eigenvalue weighted by molar-refractivity contribution is -0.885. The molecular formula is C21H25N2O4+. The monoisotopic (exact) mass is 369 g/mol. The topological polar surface area (TPSA) is 61.2 Å². The summed E-state index contributed by atoms with van der Waals surface area (Å²) in [5.74, 6) is 2.14.